The van der Waals surface area contributed by atoms with Crippen molar-refractivity contribution < 1.29 is 4.74 Å². The first kappa shape index (κ1) is 17.6. The summed E-state index contributed by atoms with van der Waals surface area (Å²) in [6, 6.07) is 9.02. The van der Waals surface area contributed by atoms with Gasteiger partial charge in [0.05, 0.1) is 4.47 Å². The molecule has 0 fully saturated rings. The van der Waals surface area contributed by atoms with Crippen LogP contribution in [0.25, 0.3) is 11.6 Å². The van der Waals surface area contributed by atoms with Crippen molar-refractivity contribution in [3.05, 3.63) is 73.4 Å². The summed E-state index contributed by atoms with van der Waals surface area (Å²) in [5, 5.41) is 5.38. The van der Waals surface area contributed by atoms with Gasteiger partial charge in [-0.2, -0.15) is 0 Å². The van der Waals surface area contributed by atoms with Crippen LogP contribution in [0, 0.1) is 16.4 Å². The highest BCUT2D eigenvalue weighted by atomic mass is 79.9. The van der Waals surface area contributed by atoms with Crippen molar-refractivity contribution in [3.8, 4) is 5.75 Å². The minimum Gasteiger partial charge on any atom is -0.488 e. The second-order valence-corrected chi connectivity index (χ2v) is 8.35. The largest absolute Gasteiger partial charge is 0.488 e. The van der Waals surface area contributed by atoms with Crippen molar-refractivity contribution in [2.45, 2.75) is 39.5 Å². The van der Waals surface area contributed by atoms with Crippen LogP contribution in [0.4, 0.5) is 0 Å². The number of fused-ring (bicyclic) bond motifs is 4. The smallest absolute Gasteiger partial charge is 0.141 e. The summed E-state index contributed by atoms with van der Waals surface area (Å²) in [6.07, 6.45) is 8.84. The normalized spacial score (nSPS) is 15.0. The van der Waals surface area contributed by atoms with E-state index >= 15 is 0 Å². The van der Waals surface area contributed by atoms with Crippen molar-refractivity contribution in [1.82, 2.24) is 0 Å². The van der Waals surface area contributed by atoms with E-state index in [2.05, 4.69) is 66.7 Å². The lowest BCUT2D eigenvalue weighted by Gasteiger charge is -2.22. The van der Waals surface area contributed by atoms with E-state index in [9.17, 15) is 0 Å². The van der Waals surface area contributed by atoms with Crippen LogP contribution in [-0.2, 0) is 12.8 Å². The van der Waals surface area contributed by atoms with Crippen molar-refractivity contribution in [1.29, 1.82) is 0 Å². The molecule has 0 N–H and O–H groups in total. The van der Waals surface area contributed by atoms with Gasteiger partial charge in [0.15, 0.2) is 0 Å². The molecule has 2 aromatic carbocycles. The molecular weight excluding hydrogens is 384 g/mol. The highest BCUT2D eigenvalue weighted by Gasteiger charge is 2.18. The number of halogens is 1. The molecule has 134 valence electrons. The van der Waals surface area contributed by atoms with Crippen LogP contribution in [0.5, 0.6) is 5.75 Å². The maximum atomic E-state index is 5.96. The summed E-state index contributed by atoms with van der Waals surface area (Å²) in [5.41, 5.74) is 4.73. The predicted octanol–water partition coefficient (Wildman–Crippen LogP) is 4.78. The van der Waals surface area contributed by atoms with E-state index in [0.29, 0.717) is 12.5 Å². The lowest BCUT2D eigenvalue weighted by atomic mass is 9.83. The molecule has 2 heteroatoms. The van der Waals surface area contributed by atoms with Crippen LogP contribution in [0.1, 0.15) is 37.8 Å². The summed E-state index contributed by atoms with van der Waals surface area (Å²) in [6.45, 7) is 8.94. The zero-order valence-corrected chi connectivity index (χ0v) is 17.2. The predicted molar refractivity (Wildman–Crippen MR) is 113 cm³/mol. The third-order valence-corrected chi connectivity index (χ3v) is 6.27. The summed E-state index contributed by atoms with van der Waals surface area (Å²) in [7, 11) is 0. The van der Waals surface area contributed by atoms with Gasteiger partial charge in [0.1, 0.15) is 12.4 Å². The summed E-state index contributed by atoms with van der Waals surface area (Å²) < 4.78 is 6.97. The molecule has 2 aliphatic carbocycles. The molecule has 0 aliphatic heterocycles. The lowest BCUT2D eigenvalue weighted by Crippen LogP contribution is -2.24. The van der Waals surface area contributed by atoms with Gasteiger partial charge in [-0.3, -0.25) is 0 Å². The van der Waals surface area contributed by atoms with Crippen LogP contribution < -0.4 is 15.2 Å². The molecule has 0 saturated carbocycles. The molecule has 2 aromatic rings. The molecule has 0 saturated heterocycles. The Hall–Kier alpha value is -1.80. The van der Waals surface area contributed by atoms with E-state index in [1.807, 2.05) is 0 Å². The average Bonchev–Trinajstić information content (AvgIpc) is 2.65. The summed E-state index contributed by atoms with van der Waals surface area (Å²) >= 11 is 3.65. The maximum Gasteiger partial charge on any atom is 0.141 e. The molecule has 0 bridgehead atoms. The number of benzene rings is 2. The van der Waals surface area contributed by atoms with Crippen LogP contribution in [0.3, 0.4) is 0 Å². The van der Waals surface area contributed by atoms with E-state index in [4.69, 9.17) is 4.74 Å². The molecule has 0 spiro atoms. The molecule has 0 amide bonds. The maximum absolute atomic E-state index is 5.96. The number of ether oxygens (including phenoxy) is 1. The average molecular weight is 409 g/mol. The fraction of sp³-hybridized carbons (Fsp3) is 0.333. The molecule has 0 aromatic heterocycles. The van der Waals surface area contributed by atoms with E-state index in [1.165, 1.54) is 45.7 Å². The first-order chi connectivity index (χ1) is 12.6. The van der Waals surface area contributed by atoms with Gasteiger partial charge in [0, 0.05) is 5.22 Å². The van der Waals surface area contributed by atoms with E-state index < -0.39 is 0 Å². The van der Waals surface area contributed by atoms with Crippen molar-refractivity contribution >= 4 is 27.6 Å². The Bertz CT molecular complexity index is 1090. The van der Waals surface area contributed by atoms with Crippen LogP contribution in [-0.4, -0.2) is 6.61 Å². The Labute approximate surface area is 163 Å². The number of hydrogen-bond donors (Lipinski definition) is 0. The van der Waals surface area contributed by atoms with Crippen LogP contribution >= 0.6 is 15.9 Å². The highest BCUT2D eigenvalue weighted by Crippen LogP contribution is 2.27. The molecule has 1 nitrogen and oxygen atoms in total. The van der Waals surface area contributed by atoms with Gasteiger partial charge >= 0.3 is 0 Å². The van der Waals surface area contributed by atoms with Crippen LogP contribution in [0.15, 0.2) is 41.4 Å². The standard InChI is InChI=1S/C24H25BrO/c1-4-14-26-24-22-11-10-19-17-7-5-6-16(15(2)3)18(17)8-9-20(19)21(22)12-13-23(24)25/h4,8-9,11-13,15H,1,5-7,10,14H2,2-3H3. The molecule has 0 atom stereocenters. The van der Waals surface area contributed by atoms with Gasteiger partial charge in [-0.05, 0) is 80.4 Å². The van der Waals surface area contributed by atoms with Crippen molar-refractivity contribution in [2.24, 2.45) is 5.92 Å². The van der Waals surface area contributed by atoms with Gasteiger partial charge in [0.2, 0.25) is 0 Å². The fourth-order valence-corrected chi connectivity index (χ4v) is 4.92. The molecule has 0 radical (unpaired) electrons. The lowest BCUT2D eigenvalue weighted by molar-refractivity contribution is 0.357. The van der Waals surface area contributed by atoms with Gasteiger partial charge in [0.25, 0.3) is 0 Å². The molecule has 26 heavy (non-hydrogen) atoms. The third kappa shape index (κ3) is 2.85. The van der Waals surface area contributed by atoms with Gasteiger partial charge in [-0.15, -0.1) is 0 Å². The Balaban J connectivity index is 2.07. The topological polar surface area (TPSA) is 9.23 Å². The van der Waals surface area contributed by atoms with Crippen molar-refractivity contribution in [2.75, 3.05) is 6.61 Å². The van der Waals surface area contributed by atoms with Gasteiger partial charge < -0.3 is 4.74 Å². The van der Waals surface area contributed by atoms with Gasteiger partial charge in [-0.1, -0.05) is 56.4 Å². The SMILES string of the molecule is C=CCOc1c(Br)ccc2c1=CCc1c3c(ccc1=2)=C(C(C)C)CCC3. The molecule has 4 rings (SSSR count). The second-order valence-electron chi connectivity index (χ2n) is 7.50. The summed E-state index contributed by atoms with van der Waals surface area (Å²) in [5.74, 6) is 1.56. The Kier molecular flexibility index (Phi) is 4.79. The van der Waals surface area contributed by atoms with Crippen molar-refractivity contribution in [3.63, 3.8) is 0 Å². The third-order valence-electron chi connectivity index (χ3n) is 5.64. The number of hydrogen-bond acceptors (Lipinski definition) is 1. The zero-order valence-electron chi connectivity index (χ0n) is 15.6. The van der Waals surface area contributed by atoms with E-state index in [-0.39, 0.29) is 0 Å². The Morgan fingerprint density at radius 3 is 2.62 bits per heavy atom. The molecule has 2 aliphatic rings. The van der Waals surface area contributed by atoms with Gasteiger partial charge in [-0.25, -0.2) is 0 Å². The zero-order chi connectivity index (χ0) is 18.3. The number of rotatable bonds is 4. The highest BCUT2D eigenvalue weighted by molar-refractivity contribution is 9.10. The Morgan fingerprint density at radius 2 is 1.85 bits per heavy atom. The fourth-order valence-electron chi connectivity index (χ4n) is 4.46. The second kappa shape index (κ2) is 7.08. The van der Waals surface area contributed by atoms with E-state index in [1.54, 1.807) is 17.2 Å². The first-order valence-electron chi connectivity index (χ1n) is 9.52. The van der Waals surface area contributed by atoms with E-state index in [0.717, 1.165) is 16.6 Å². The Morgan fingerprint density at radius 1 is 1.08 bits per heavy atom. The summed E-state index contributed by atoms with van der Waals surface area (Å²) in [4.78, 5) is 0. The minimum atomic E-state index is 0.520. The minimum absolute atomic E-state index is 0.520. The molecule has 0 unspecified atom stereocenters. The molecule has 0 heterocycles. The molecular formula is C24H25BrO. The quantitative estimate of drug-likeness (QED) is 0.661. The van der Waals surface area contributed by atoms with Crippen LogP contribution in [0.2, 0.25) is 0 Å². The first-order valence-corrected chi connectivity index (χ1v) is 10.3. The monoisotopic (exact) mass is 408 g/mol.